The van der Waals surface area contributed by atoms with Gasteiger partial charge in [-0.2, -0.15) is 13.2 Å². The van der Waals surface area contributed by atoms with E-state index in [-0.39, 0.29) is 16.6 Å². The molecule has 1 aromatic heterocycles. The normalized spacial score (nSPS) is 11.8. The van der Waals surface area contributed by atoms with E-state index in [4.69, 9.17) is 22.7 Å². The summed E-state index contributed by atoms with van der Waals surface area (Å²) in [4.78, 5) is 3.74. The van der Waals surface area contributed by atoms with Crippen LogP contribution in [0.25, 0.3) is 0 Å². The fraction of sp³-hybridized carbons (Fsp3) is 0.200. The number of pyridine rings is 1. The van der Waals surface area contributed by atoms with Gasteiger partial charge in [0.2, 0.25) is 0 Å². The molecule has 0 aromatic carbocycles. The highest BCUT2D eigenvalue weighted by Gasteiger charge is 2.25. The van der Waals surface area contributed by atoms with E-state index in [2.05, 4.69) is 4.98 Å². The lowest BCUT2D eigenvalue weighted by Gasteiger charge is -2.05. The average Bonchev–Trinajstić information content (AvgIpc) is 2.26. The van der Waals surface area contributed by atoms with E-state index in [0.29, 0.717) is 5.56 Å². The Labute approximate surface area is 106 Å². The summed E-state index contributed by atoms with van der Waals surface area (Å²) in [6, 6.07) is 1.42. The van der Waals surface area contributed by atoms with Gasteiger partial charge in [0, 0.05) is 11.8 Å². The van der Waals surface area contributed by atoms with E-state index in [9.17, 15) is 13.2 Å². The SMILES string of the molecule is N=C(/C=C\NCC(F)(F)F)c1cnc(N)c(Cl)c1. The van der Waals surface area contributed by atoms with Crippen LogP contribution in [0.1, 0.15) is 5.56 Å². The van der Waals surface area contributed by atoms with Gasteiger partial charge in [-0.1, -0.05) is 11.6 Å². The first-order chi connectivity index (χ1) is 8.29. The van der Waals surface area contributed by atoms with Crippen molar-refractivity contribution in [3.05, 3.63) is 35.1 Å². The molecule has 0 aliphatic rings. The first-order valence-electron chi connectivity index (χ1n) is 4.76. The predicted octanol–water partition coefficient (Wildman–Crippen LogP) is 2.35. The molecule has 0 atom stereocenters. The number of aromatic nitrogens is 1. The van der Waals surface area contributed by atoms with E-state index in [0.717, 1.165) is 6.20 Å². The van der Waals surface area contributed by atoms with Crippen molar-refractivity contribution in [2.75, 3.05) is 12.3 Å². The highest BCUT2D eigenvalue weighted by atomic mass is 35.5. The Kier molecular flexibility index (Phi) is 4.55. The number of nitrogens with two attached hydrogens (primary N) is 1. The molecular formula is C10H10ClF3N4. The molecule has 0 fully saturated rings. The van der Waals surface area contributed by atoms with Gasteiger partial charge >= 0.3 is 6.18 Å². The maximum absolute atomic E-state index is 11.8. The van der Waals surface area contributed by atoms with E-state index < -0.39 is 12.7 Å². The van der Waals surface area contributed by atoms with Crippen molar-refractivity contribution in [3.8, 4) is 0 Å². The maximum atomic E-state index is 11.8. The minimum Gasteiger partial charge on any atom is -0.382 e. The van der Waals surface area contributed by atoms with E-state index in [1.165, 1.54) is 18.3 Å². The van der Waals surface area contributed by atoms with E-state index >= 15 is 0 Å². The predicted molar refractivity (Wildman–Crippen MR) is 63.7 cm³/mol. The fourth-order valence-corrected chi connectivity index (χ4v) is 1.18. The highest BCUT2D eigenvalue weighted by Crippen LogP contribution is 2.17. The average molecular weight is 279 g/mol. The van der Waals surface area contributed by atoms with Gasteiger partial charge in [0.05, 0.1) is 10.7 Å². The van der Waals surface area contributed by atoms with Crippen LogP contribution in [0, 0.1) is 5.41 Å². The summed E-state index contributed by atoms with van der Waals surface area (Å²) in [5.41, 5.74) is 5.72. The van der Waals surface area contributed by atoms with Crippen molar-refractivity contribution in [1.29, 1.82) is 5.41 Å². The lowest BCUT2D eigenvalue weighted by Crippen LogP contribution is -2.24. The van der Waals surface area contributed by atoms with Crippen molar-refractivity contribution >= 4 is 23.1 Å². The van der Waals surface area contributed by atoms with Gasteiger partial charge in [-0.05, 0) is 18.3 Å². The molecule has 0 saturated carbocycles. The van der Waals surface area contributed by atoms with Crippen LogP contribution >= 0.6 is 11.6 Å². The molecule has 0 unspecified atom stereocenters. The zero-order valence-corrected chi connectivity index (χ0v) is 9.81. The third-order valence-electron chi connectivity index (χ3n) is 1.85. The summed E-state index contributed by atoms with van der Waals surface area (Å²) in [6.07, 6.45) is -0.758. The van der Waals surface area contributed by atoms with Crippen LogP contribution in [0.3, 0.4) is 0 Å². The van der Waals surface area contributed by atoms with Gasteiger partial charge in [-0.15, -0.1) is 0 Å². The Morgan fingerprint density at radius 3 is 2.78 bits per heavy atom. The van der Waals surface area contributed by atoms with Crippen LogP contribution in [0.4, 0.5) is 19.0 Å². The molecule has 4 N–H and O–H groups in total. The lowest BCUT2D eigenvalue weighted by molar-refractivity contribution is -0.122. The minimum atomic E-state index is -4.29. The molecule has 0 saturated heterocycles. The molecule has 0 bridgehead atoms. The number of alkyl halides is 3. The third kappa shape index (κ3) is 4.62. The Hall–Kier alpha value is -1.76. The second-order valence-electron chi connectivity index (χ2n) is 3.33. The second kappa shape index (κ2) is 5.72. The number of nitrogens with zero attached hydrogens (tertiary/aromatic N) is 1. The van der Waals surface area contributed by atoms with Crippen molar-refractivity contribution in [1.82, 2.24) is 10.3 Å². The second-order valence-corrected chi connectivity index (χ2v) is 3.74. The summed E-state index contributed by atoms with van der Waals surface area (Å²) >= 11 is 5.71. The molecule has 0 amide bonds. The first-order valence-corrected chi connectivity index (χ1v) is 5.14. The molecule has 1 rings (SSSR count). The summed E-state index contributed by atoms with van der Waals surface area (Å²) in [5, 5.41) is 9.80. The van der Waals surface area contributed by atoms with Crippen LogP contribution in [-0.2, 0) is 0 Å². The van der Waals surface area contributed by atoms with Gasteiger partial charge in [0.1, 0.15) is 12.4 Å². The van der Waals surface area contributed by atoms with Crippen LogP contribution in [0.5, 0.6) is 0 Å². The standard InChI is InChI=1S/C10H10ClF3N4/c11-7-3-6(4-18-9(7)16)8(15)1-2-17-5-10(12,13)14/h1-4,15,17H,5H2,(H2,16,18)/b2-1-,15-8?. The Balaban J connectivity index is 2.60. The molecule has 1 aromatic rings. The van der Waals surface area contributed by atoms with E-state index in [1.807, 2.05) is 5.32 Å². The van der Waals surface area contributed by atoms with Crippen LogP contribution < -0.4 is 11.1 Å². The minimum absolute atomic E-state index is 0.0286. The molecule has 1 heterocycles. The Bertz CT molecular complexity index is 471. The van der Waals surface area contributed by atoms with Crippen molar-refractivity contribution in [2.45, 2.75) is 6.18 Å². The number of rotatable bonds is 4. The third-order valence-corrected chi connectivity index (χ3v) is 2.15. The monoisotopic (exact) mass is 278 g/mol. The molecule has 4 nitrogen and oxygen atoms in total. The van der Waals surface area contributed by atoms with Crippen molar-refractivity contribution in [3.63, 3.8) is 0 Å². The fourth-order valence-electron chi connectivity index (χ4n) is 1.01. The lowest BCUT2D eigenvalue weighted by atomic mass is 10.2. The summed E-state index contributed by atoms with van der Waals surface area (Å²) in [6.45, 7) is -1.16. The number of nitrogens with one attached hydrogen (secondary N) is 2. The van der Waals surface area contributed by atoms with Gasteiger partial charge in [-0.3, -0.25) is 0 Å². The van der Waals surface area contributed by atoms with Gasteiger partial charge < -0.3 is 16.5 Å². The summed E-state index contributed by atoms with van der Waals surface area (Å²) in [7, 11) is 0. The smallest absolute Gasteiger partial charge is 0.382 e. The van der Waals surface area contributed by atoms with Gasteiger partial charge in [0.25, 0.3) is 0 Å². The zero-order valence-electron chi connectivity index (χ0n) is 9.05. The van der Waals surface area contributed by atoms with Crippen LogP contribution in [-0.4, -0.2) is 23.4 Å². The van der Waals surface area contributed by atoms with Gasteiger partial charge in [0.15, 0.2) is 0 Å². The van der Waals surface area contributed by atoms with E-state index in [1.54, 1.807) is 0 Å². The molecule has 18 heavy (non-hydrogen) atoms. The molecule has 0 spiro atoms. The molecular weight excluding hydrogens is 269 g/mol. The largest absolute Gasteiger partial charge is 0.405 e. The van der Waals surface area contributed by atoms with Gasteiger partial charge in [-0.25, -0.2) is 4.98 Å². The number of halogens is 4. The number of anilines is 1. The molecule has 0 aliphatic carbocycles. The molecule has 8 heteroatoms. The Morgan fingerprint density at radius 1 is 1.56 bits per heavy atom. The zero-order chi connectivity index (χ0) is 13.8. The molecule has 98 valence electrons. The van der Waals surface area contributed by atoms with Crippen molar-refractivity contribution < 1.29 is 13.2 Å². The van der Waals surface area contributed by atoms with Crippen LogP contribution in [0.2, 0.25) is 5.02 Å². The summed E-state index contributed by atoms with van der Waals surface area (Å²) in [5.74, 6) is 0.132. The number of nitrogen functional groups attached to an aromatic ring is 1. The summed E-state index contributed by atoms with van der Waals surface area (Å²) < 4.78 is 35.4. The number of allylic oxidation sites excluding steroid dienone is 1. The molecule has 0 radical (unpaired) electrons. The maximum Gasteiger partial charge on any atom is 0.405 e. The topological polar surface area (TPSA) is 74.8 Å². The van der Waals surface area contributed by atoms with Crippen LogP contribution in [0.15, 0.2) is 24.5 Å². The highest BCUT2D eigenvalue weighted by molar-refractivity contribution is 6.33. The quantitative estimate of drug-likeness (QED) is 0.740. The number of hydrogen-bond donors (Lipinski definition) is 3. The molecule has 0 aliphatic heterocycles. The van der Waals surface area contributed by atoms with Crippen molar-refractivity contribution in [2.24, 2.45) is 0 Å². The Morgan fingerprint density at radius 2 is 2.22 bits per heavy atom. The first kappa shape index (κ1) is 14.3. The number of hydrogen-bond acceptors (Lipinski definition) is 4.